The summed E-state index contributed by atoms with van der Waals surface area (Å²) in [6.07, 6.45) is 0.516. The molecule has 186 valence electrons. The van der Waals surface area contributed by atoms with Gasteiger partial charge in [-0.1, -0.05) is 33.8 Å². The van der Waals surface area contributed by atoms with Gasteiger partial charge in [0.1, 0.15) is 11.9 Å². The van der Waals surface area contributed by atoms with Crippen molar-refractivity contribution in [3.05, 3.63) is 53.5 Å². The van der Waals surface area contributed by atoms with E-state index in [1.807, 2.05) is 0 Å². The zero-order valence-corrected chi connectivity index (χ0v) is 20.7. The fourth-order valence-corrected chi connectivity index (χ4v) is 5.55. The van der Waals surface area contributed by atoms with Crippen LogP contribution in [0.2, 0.25) is 0 Å². The molecule has 0 bridgehead atoms. The molecule has 5 rings (SSSR count). The Kier molecular flexibility index (Phi) is 6.11. The quantitative estimate of drug-likeness (QED) is 0.338. The van der Waals surface area contributed by atoms with Crippen LogP contribution < -0.4 is 0 Å². The van der Waals surface area contributed by atoms with E-state index in [1.54, 1.807) is 6.20 Å². The summed E-state index contributed by atoms with van der Waals surface area (Å²) < 4.78 is 42.7. The van der Waals surface area contributed by atoms with E-state index >= 15 is 0 Å². The molecule has 0 spiro atoms. The van der Waals surface area contributed by atoms with Gasteiger partial charge in [-0.25, -0.2) is 9.50 Å². The number of benzene rings is 1. The summed E-state index contributed by atoms with van der Waals surface area (Å²) in [6, 6.07) is 7.70. The van der Waals surface area contributed by atoms with Crippen molar-refractivity contribution in [2.24, 2.45) is 5.92 Å². The Hall–Kier alpha value is -2.87. The minimum Gasteiger partial charge on any atom is -0.354 e. The first kappa shape index (κ1) is 23.9. The average molecular weight is 484 g/mol. The lowest BCUT2D eigenvalue weighted by molar-refractivity contribution is -0.136. The zero-order valence-electron chi connectivity index (χ0n) is 20.7. The molecule has 1 aliphatic rings. The smallest absolute Gasteiger partial charge is 0.354 e. The second kappa shape index (κ2) is 8.97. The molecule has 0 amide bonds. The normalized spacial score (nSPS) is 16.4. The van der Waals surface area contributed by atoms with E-state index in [4.69, 9.17) is 0 Å². The summed E-state index contributed by atoms with van der Waals surface area (Å²) >= 11 is 0. The third kappa shape index (κ3) is 4.56. The second-order valence-electron chi connectivity index (χ2n) is 10.5. The van der Waals surface area contributed by atoms with Crippen LogP contribution in [0.3, 0.4) is 0 Å². The Bertz CT molecular complexity index is 1340. The highest BCUT2D eigenvalue weighted by molar-refractivity contribution is 5.92. The van der Waals surface area contributed by atoms with Crippen molar-refractivity contribution >= 4 is 16.6 Å². The number of fused-ring (bicyclic) bond motifs is 2. The van der Waals surface area contributed by atoms with Crippen LogP contribution in [0.15, 0.2) is 36.8 Å². The summed E-state index contributed by atoms with van der Waals surface area (Å²) in [6.45, 7) is 12.0. The lowest BCUT2D eigenvalue weighted by Gasteiger charge is -2.33. The van der Waals surface area contributed by atoms with Gasteiger partial charge in [-0.15, -0.1) is 0 Å². The van der Waals surface area contributed by atoms with Gasteiger partial charge in [0.15, 0.2) is 5.65 Å². The molecule has 1 N–H and O–H groups in total. The molecule has 0 radical (unpaired) electrons. The Morgan fingerprint density at radius 2 is 1.83 bits per heavy atom. The molecular formula is C27H32F3N5. The van der Waals surface area contributed by atoms with Gasteiger partial charge in [-0.3, -0.25) is 0 Å². The largest absolute Gasteiger partial charge is 0.420 e. The topological polar surface area (TPSA) is 49.2 Å². The fraction of sp³-hybridized carbons (Fsp3) is 0.481. The highest BCUT2D eigenvalue weighted by Gasteiger charge is 2.35. The number of alkyl halides is 3. The van der Waals surface area contributed by atoms with E-state index in [9.17, 15) is 13.2 Å². The number of aromatic nitrogens is 4. The van der Waals surface area contributed by atoms with Gasteiger partial charge >= 0.3 is 6.18 Å². The van der Waals surface area contributed by atoms with Crippen LogP contribution in [-0.4, -0.2) is 44.1 Å². The van der Waals surface area contributed by atoms with E-state index in [-0.39, 0.29) is 11.6 Å². The van der Waals surface area contributed by atoms with Gasteiger partial charge < -0.3 is 9.88 Å². The van der Waals surface area contributed by atoms with E-state index in [0.717, 1.165) is 55.3 Å². The maximum atomic E-state index is 13.8. The molecule has 8 heteroatoms. The standard InChI is InChI=1S/C27H32F3N5/c1-16(2)13-34-9-7-18(8-10-34)19-5-6-23-21(11-19)24(17(3)4)25(33-23)20-12-22(27(28,29)30)26-31-15-32-35(26)14-20/h5-6,11-12,14-18,33H,7-10,13H2,1-4H3. The van der Waals surface area contributed by atoms with Crippen molar-refractivity contribution in [2.75, 3.05) is 19.6 Å². The van der Waals surface area contributed by atoms with Crippen LogP contribution in [0, 0.1) is 5.92 Å². The number of hydrogen-bond acceptors (Lipinski definition) is 3. The van der Waals surface area contributed by atoms with Gasteiger partial charge in [-0.05, 0) is 73.0 Å². The molecular weight excluding hydrogens is 451 g/mol. The van der Waals surface area contributed by atoms with Gasteiger partial charge in [0.05, 0.1) is 5.69 Å². The lowest BCUT2D eigenvalue weighted by Crippen LogP contribution is -2.35. The van der Waals surface area contributed by atoms with Crippen LogP contribution >= 0.6 is 0 Å². The SMILES string of the molecule is CC(C)CN1CCC(c2ccc3[nH]c(-c4cc(C(F)(F)F)c5ncnn5c4)c(C(C)C)c3c2)CC1. The zero-order chi connectivity index (χ0) is 24.9. The summed E-state index contributed by atoms with van der Waals surface area (Å²) in [5, 5.41) is 5.08. The first-order chi connectivity index (χ1) is 16.6. The minimum atomic E-state index is -4.52. The maximum Gasteiger partial charge on any atom is 0.420 e. The summed E-state index contributed by atoms with van der Waals surface area (Å²) in [4.78, 5) is 9.79. The number of aromatic amines is 1. The van der Waals surface area contributed by atoms with Crippen molar-refractivity contribution in [3.63, 3.8) is 0 Å². The average Bonchev–Trinajstić information content (AvgIpc) is 3.41. The number of nitrogens with zero attached hydrogens (tertiary/aromatic N) is 4. The van der Waals surface area contributed by atoms with Gasteiger partial charge in [0.2, 0.25) is 0 Å². The molecule has 1 aromatic carbocycles. The number of H-pyrrole nitrogens is 1. The van der Waals surface area contributed by atoms with Crippen LogP contribution in [0.25, 0.3) is 27.8 Å². The summed E-state index contributed by atoms with van der Waals surface area (Å²) in [7, 11) is 0. The van der Waals surface area contributed by atoms with Crippen molar-refractivity contribution in [2.45, 2.75) is 58.5 Å². The number of pyridine rings is 1. The maximum absolute atomic E-state index is 13.8. The predicted octanol–water partition coefficient (Wildman–Crippen LogP) is 6.86. The first-order valence-corrected chi connectivity index (χ1v) is 12.4. The molecule has 5 nitrogen and oxygen atoms in total. The number of likely N-dealkylation sites (tertiary alicyclic amines) is 1. The molecule has 4 heterocycles. The van der Waals surface area contributed by atoms with Gasteiger partial charge in [0, 0.05) is 29.2 Å². The Morgan fingerprint density at radius 1 is 1.09 bits per heavy atom. The highest BCUT2D eigenvalue weighted by atomic mass is 19.4. The first-order valence-electron chi connectivity index (χ1n) is 12.4. The van der Waals surface area contributed by atoms with Crippen LogP contribution in [-0.2, 0) is 6.18 Å². The van der Waals surface area contributed by atoms with Crippen LogP contribution in [0.4, 0.5) is 13.2 Å². The van der Waals surface area contributed by atoms with Crippen molar-refractivity contribution in [3.8, 4) is 11.3 Å². The molecule has 0 unspecified atom stereocenters. The van der Waals surface area contributed by atoms with E-state index in [1.165, 1.54) is 16.1 Å². The monoisotopic (exact) mass is 483 g/mol. The van der Waals surface area contributed by atoms with Crippen LogP contribution in [0.1, 0.15) is 69.1 Å². The number of nitrogens with one attached hydrogen (secondary N) is 1. The number of hydrogen-bond donors (Lipinski definition) is 1. The summed E-state index contributed by atoms with van der Waals surface area (Å²) in [5.74, 6) is 1.30. The van der Waals surface area contributed by atoms with E-state index < -0.39 is 11.7 Å². The minimum absolute atomic E-state index is 0.127. The predicted molar refractivity (Wildman–Crippen MR) is 133 cm³/mol. The fourth-order valence-electron chi connectivity index (χ4n) is 5.55. The number of rotatable bonds is 5. The van der Waals surface area contributed by atoms with Crippen molar-refractivity contribution < 1.29 is 13.2 Å². The second-order valence-corrected chi connectivity index (χ2v) is 10.5. The van der Waals surface area contributed by atoms with Crippen molar-refractivity contribution in [1.82, 2.24) is 24.5 Å². The molecule has 4 aromatic rings. The molecule has 1 aliphatic heterocycles. The molecule has 1 saturated heterocycles. The highest BCUT2D eigenvalue weighted by Crippen LogP contribution is 2.40. The van der Waals surface area contributed by atoms with E-state index in [0.29, 0.717) is 23.1 Å². The summed E-state index contributed by atoms with van der Waals surface area (Å²) in [5.41, 5.74) is 3.49. The molecule has 3 aromatic heterocycles. The van der Waals surface area contributed by atoms with Gasteiger partial charge in [0.25, 0.3) is 0 Å². The van der Waals surface area contributed by atoms with Crippen LogP contribution in [0.5, 0.6) is 0 Å². The molecule has 0 saturated carbocycles. The molecule has 1 fully saturated rings. The van der Waals surface area contributed by atoms with Gasteiger partial charge in [-0.2, -0.15) is 18.3 Å². The number of halogens is 3. The van der Waals surface area contributed by atoms with Crippen molar-refractivity contribution in [1.29, 1.82) is 0 Å². The third-order valence-electron chi connectivity index (χ3n) is 7.09. The Labute approximate surface area is 203 Å². The lowest BCUT2D eigenvalue weighted by atomic mass is 9.87. The molecule has 35 heavy (non-hydrogen) atoms. The third-order valence-corrected chi connectivity index (χ3v) is 7.09. The Morgan fingerprint density at radius 3 is 2.49 bits per heavy atom. The van der Waals surface area contributed by atoms with E-state index in [2.05, 4.69) is 65.9 Å². The molecule has 0 aliphatic carbocycles. The molecule has 0 atom stereocenters. The Balaban J connectivity index is 1.56. The number of piperidine rings is 1.